The maximum absolute atomic E-state index is 12.6. The highest BCUT2D eigenvalue weighted by Crippen LogP contribution is 2.32. The van der Waals surface area contributed by atoms with Gasteiger partial charge in [-0.15, -0.1) is 0 Å². The minimum Gasteiger partial charge on any atom is -0.457 e. The quantitative estimate of drug-likeness (QED) is 0.482. The second-order valence-corrected chi connectivity index (χ2v) is 6.95. The number of benzene rings is 2. The van der Waals surface area contributed by atoms with Crippen LogP contribution in [0.15, 0.2) is 48.7 Å². The molecule has 0 saturated heterocycles. The zero-order chi connectivity index (χ0) is 21.1. The van der Waals surface area contributed by atoms with Crippen LogP contribution in [0.2, 0.25) is 0 Å². The molecular weight excluding hydrogens is 372 g/mol. The summed E-state index contributed by atoms with van der Waals surface area (Å²) in [6.07, 6.45) is 1.71. The van der Waals surface area contributed by atoms with Gasteiger partial charge in [0.15, 0.2) is 0 Å². The molecule has 0 bridgehead atoms. The molecule has 0 aliphatic carbocycles. The summed E-state index contributed by atoms with van der Waals surface area (Å²) < 4.78 is 7.42. The van der Waals surface area contributed by atoms with Gasteiger partial charge < -0.3 is 10.1 Å². The number of hydrogen-bond acceptors (Lipinski definition) is 5. The Morgan fingerprint density at radius 3 is 2.59 bits per heavy atom. The molecule has 2 aromatic carbocycles. The number of nitrogens with one attached hydrogen (secondary N) is 1. The summed E-state index contributed by atoms with van der Waals surface area (Å²) in [6, 6.07) is 11.1. The van der Waals surface area contributed by atoms with Crippen LogP contribution in [0.3, 0.4) is 0 Å². The van der Waals surface area contributed by atoms with Gasteiger partial charge in [-0.2, -0.15) is 5.10 Å². The third-order valence-corrected chi connectivity index (χ3v) is 4.46. The normalized spacial score (nSPS) is 11.7. The van der Waals surface area contributed by atoms with E-state index in [2.05, 4.69) is 10.4 Å². The Kier molecular flexibility index (Phi) is 5.63. The molecule has 150 valence electrons. The predicted molar refractivity (Wildman–Crippen MR) is 109 cm³/mol. The van der Waals surface area contributed by atoms with Crippen LogP contribution >= 0.6 is 0 Å². The Bertz CT molecular complexity index is 1070. The summed E-state index contributed by atoms with van der Waals surface area (Å²) in [6.45, 7) is 7.36. The third kappa shape index (κ3) is 4.78. The second kappa shape index (κ2) is 8.14. The van der Waals surface area contributed by atoms with E-state index in [1.165, 1.54) is 16.8 Å². The molecule has 1 heterocycles. The SMILES string of the molecule is Cc1ccc(C)c(Oc2cc(NC(=O)C(C)n3ccc(C)n3)cc([N+](=O)[O-])c2)c1. The van der Waals surface area contributed by atoms with Crippen LogP contribution in [0.1, 0.15) is 29.8 Å². The van der Waals surface area contributed by atoms with Gasteiger partial charge in [-0.1, -0.05) is 12.1 Å². The zero-order valence-electron chi connectivity index (χ0n) is 16.7. The smallest absolute Gasteiger partial charge is 0.275 e. The van der Waals surface area contributed by atoms with Crippen molar-refractivity contribution in [3.8, 4) is 11.5 Å². The van der Waals surface area contributed by atoms with Gasteiger partial charge in [-0.25, -0.2) is 0 Å². The van der Waals surface area contributed by atoms with E-state index in [-0.39, 0.29) is 23.0 Å². The average molecular weight is 394 g/mol. The summed E-state index contributed by atoms with van der Waals surface area (Å²) in [7, 11) is 0. The zero-order valence-corrected chi connectivity index (χ0v) is 16.7. The van der Waals surface area contributed by atoms with Crippen molar-refractivity contribution < 1.29 is 14.5 Å². The van der Waals surface area contributed by atoms with Gasteiger partial charge in [-0.05, 0) is 51.0 Å². The highest BCUT2D eigenvalue weighted by Gasteiger charge is 2.18. The molecule has 1 amide bonds. The van der Waals surface area contributed by atoms with E-state index in [4.69, 9.17) is 4.74 Å². The molecule has 0 spiro atoms. The topological polar surface area (TPSA) is 99.3 Å². The van der Waals surface area contributed by atoms with Crippen molar-refractivity contribution in [2.75, 3.05) is 5.32 Å². The van der Waals surface area contributed by atoms with Crippen molar-refractivity contribution in [3.05, 3.63) is 75.6 Å². The first-order chi connectivity index (χ1) is 13.7. The first-order valence-electron chi connectivity index (χ1n) is 9.10. The fraction of sp³-hybridized carbons (Fsp3) is 0.238. The van der Waals surface area contributed by atoms with E-state index in [1.807, 2.05) is 39.0 Å². The molecule has 0 aliphatic rings. The fourth-order valence-electron chi connectivity index (χ4n) is 2.78. The molecule has 1 aromatic heterocycles. The number of carbonyl (C=O) groups excluding carboxylic acids is 1. The highest BCUT2D eigenvalue weighted by atomic mass is 16.6. The number of carbonyl (C=O) groups is 1. The Morgan fingerprint density at radius 2 is 1.93 bits per heavy atom. The lowest BCUT2D eigenvalue weighted by Crippen LogP contribution is -2.24. The molecule has 0 aliphatic heterocycles. The molecule has 0 radical (unpaired) electrons. The number of anilines is 1. The largest absolute Gasteiger partial charge is 0.457 e. The van der Waals surface area contributed by atoms with Crippen molar-refractivity contribution in [3.63, 3.8) is 0 Å². The molecule has 0 fully saturated rings. The number of non-ortho nitro benzene ring substituents is 1. The van der Waals surface area contributed by atoms with E-state index in [0.29, 0.717) is 5.75 Å². The number of nitrogens with zero attached hydrogens (tertiary/aromatic N) is 3. The van der Waals surface area contributed by atoms with Crippen LogP contribution in [0.4, 0.5) is 11.4 Å². The number of rotatable bonds is 6. The molecule has 3 rings (SSSR count). The standard InChI is InChI=1S/C21H22N4O4/c1-13-5-6-14(2)20(9-13)29-19-11-17(10-18(12-19)25(27)28)22-21(26)16(4)24-8-7-15(3)23-24/h5-12,16H,1-4H3,(H,22,26). The van der Waals surface area contributed by atoms with Crippen LogP contribution in [0, 0.1) is 30.9 Å². The Morgan fingerprint density at radius 1 is 1.17 bits per heavy atom. The maximum atomic E-state index is 12.6. The highest BCUT2D eigenvalue weighted by molar-refractivity contribution is 5.94. The minimum atomic E-state index is -0.577. The molecule has 8 nitrogen and oxygen atoms in total. The van der Waals surface area contributed by atoms with Gasteiger partial charge in [-0.3, -0.25) is 19.6 Å². The van der Waals surface area contributed by atoms with E-state index >= 15 is 0 Å². The Hall–Kier alpha value is -3.68. The molecule has 1 atom stereocenters. The number of hydrogen-bond donors (Lipinski definition) is 1. The van der Waals surface area contributed by atoms with Crippen LogP contribution in [-0.4, -0.2) is 20.6 Å². The van der Waals surface area contributed by atoms with Gasteiger partial charge in [0.05, 0.1) is 22.4 Å². The summed E-state index contributed by atoms with van der Waals surface area (Å²) in [4.78, 5) is 23.4. The van der Waals surface area contributed by atoms with Gasteiger partial charge in [0.2, 0.25) is 5.91 Å². The van der Waals surface area contributed by atoms with E-state index in [0.717, 1.165) is 16.8 Å². The summed E-state index contributed by atoms with van der Waals surface area (Å²) in [5.74, 6) is 0.528. The lowest BCUT2D eigenvalue weighted by Gasteiger charge is -2.14. The monoisotopic (exact) mass is 394 g/mol. The van der Waals surface area contributed by atoms with Crippen LogP contribution in [0.25, 0.3) is 0 Å². The first kappa shape index (κ1) is 20.1. The molecule has 1 unspecified atom stereocenters. The molecular formula is C21H22N4O4. The van der Waals surface area contributed by atoms with Gasteiger partial charge >= 0.3 is 0 Å². The Balaban J connectivity index is 1.87. The molecule has 0 saturated carbocycles. The lowest BCUT2D eigenvalue weighted by atomic mass is 10.1. The van der Waals surface area contributed by atoms with Crippen LogP contribution in [-0.2, 0) is 4.79 Å². The number of aromatic nitrogens is 2. The van der Waals surface area contributed by atoms with E-state index in [9.17, 15) is 14.9 Å². The van der Waals surface area contributed by atoms with Crippen molar-refractivity contribution in [2.24, 2.45) is 0 Å². The van der Waals surface area contributed by atoms with Crippen molar-refractivity contribution >= 4 is 17.3 Å². The molecule has 8 heteroatoms. The van der Waals surface area contributed by atoms with Gasteiger partial charge in [0.1, 0.15) is 17.5 Å². The average Bonchev–Trinajstić information content (AvgIpc) is 3.10. The van der Waals surface area contributed by atoms with Crippen LogP contribution in [0.5, 0.6) is 11.5 Å². The predicted octanol–water partition coefficient (Wildman–Crippen LogP) is 4.71. The van der Waals surface area contributed by atoms with Gasteiger partial charge in [0, 0.05) is 18.3 Å². The van der Waals surface area contributed by atoms with Crippen molar-refractivity contribution in [1.82, 2.24) is 9.78 Å². The number of nitro benzene ring substituents is 1. The Labute approximate surface area is 168 Å². The number of ether oxygens (including phenoxy) is 1. The lowest BCUT2D eigenvalue weighted by molar-refractivity contribution is -0.384. The van der Waals surface area contributed by atoms with Crippen molar-refractivity contribution in [1.29, 1.82) is 0 Å². The van der Waals surface area contributed by atoms with Crippen LogP contribution < -0.4 is 10.1 Å². The third-order valence-electron chi connectivity index (χ3n) is 4.46. The molecule has 29 heavy (non-hydrogen) atoms. The fourth-order valence-corrected chi connectivity index (χ4v) is 2.78. The van der Waals surface area contributed by atoms with E-state index < -0.39 is 11.0 Å². The number of aryl methyl sites for hydroxylation is 3. The molecule has 1 N–H and O–H groups in total. The van der Waals surface area contributed by atoms with Crippen molar-refractivity contribution in [2.45, 2.75) is 33.7 Å². The van der Waals surface area contributed by atoms with Gasteiger partial charge in [0.25, 0.3) is 5.69 Å². The number of amides is 1. The molecule has 3 aromatic rings. The summed E-state index contributed by atoms with van der Waals surface area (Å²) in [5, 5.41) is 18.3. The van der Waals surface area contributed by atoms with E-state index in [1.54, 1.807) is 25.3 Å². The number of nitro groups is 1. The minimum absolute atomic E-state index is 0.175. The maximum Gasteiger partial charge on any atom is 0.275 e. The second-order valence-electron chi connectivity index (χ2n) is 6.95. The first-order valence-corrected chi connectivity index (χ1v) is 9.10. The summed E-state index contributed by atoms with van der Waals surface area (Å²) >= 11 is 0. The summed E-state index contributed by atoms with van der Waals surface area (Å²) in [5.41, 5.74) is 2.80.